The molecular formula is C10H20O2. The highest BCUT2D eigenvalue weighted by molar-refractivity contribution is 4.80. The molecule has 0 radical (unpaired) electrons. The van der Waals surface area contributed by atoms with Gasteiger partial charge in [0.15, 0.2) is 6.29 Å². The topological polar surface area (TPSA) is 18.5 Å². The smallest absolute Gasteiger partial charge is 0.156 e. The van der Waals surface area contributed by atoms with Gasteiger partial charge in [0.05, 0.1) is 11.2 Å². The lowest BCUT2D eigenvalue weighted by atomic mass is 9.94. The van der Waals surface area contributed by atoms with Crippen molar-refractivity contribution < 1.29 is 9.47 Å². The first kappa shape index (κ1) is 10.0. The third-order valence-electron chi connectivity index (χ3n) is 2.30. The van der Waals surface area contributed by atoms with E-state index < -0.39 is 0 Å². The summed E-state index contributed by atoms with van der Waals surface area (Å²) in [5.74, 6) is 0. The monoisotopic (exact) mass is 172 g/mol. The van der Waals surface area contributed by atoms with Gasteiger partial charge in [-0.05, 0) is 47.5 Å². The summed E-state index contributed by atoms with van der Waals surface area (Å²) in [7, 11) is 0. The van der Waals surface area contributed by atoms with Crippen molar-refractivity contribution in [2.75, 3.05) is 0 Å². The Morgan fingerprint density at radius 3 is 1.58 bits per heavy atom. The highest BCUT2D eigenvalue weighted by Gasteiger charge is 2.33. The lowest BCUT2D eigenvalue weighted by molar-refractivity contribution is -0.208. The average Bonchev–Trinajstić information content (AvgIpc) is 1.87. The van der Waals surface area contributed by atoms with Crippen LogP contribution in [0, 0.1) is 0 Å². The Bertz CT molecular complexity index is 143. The van der Waals surface area contributed by atoms with E-state index in [2.05, 4.69) is 27.7 Å². The van der Waals surface area contributed by atoms with Gasteiger partial charge in [0.1, 0.15) is 0 Å². The second-order valence-corrected chi connectivity index (χ2v) is 4.82. The Balaban J connectivity index is 2.66. The maximum Gasteiger partial charge on any atom is 0.156 e. The quantitative estimate of drug-likeness (QED) is 0.559. The Hall–Kier alpha value is -0.0800. The van der Waals surface area contributed by atoms with Crippen LogP contribution in [0.4, 0.5) is 0 Å². The molecule has 0 aromatic rings. The molecule has 0 atom stereocenters. The van der Waals surface area contributed by atoms with E-state index in [0.717, 1.165) is 12.8 Å². The summed E-state index contributed by atoms with van der Waals surface area (Å²) in [4.78, 5) is 0. The minimum atomic E-state index is -0.0856. The van der Waals surface area contributed by atoms with Crippen molar-refractivity contribution in [3.8, 4) is 0 Å². The van der Waals surface area contributed by atoms with E-state index in [1.165, 1.54) is 0 Å². The summed E-state index contributed by atoms with van der Waals surface area (Å²) in [6, 6.07) is 0. The molecule has 2 nitrogen and oxygen atoms in total. The molecule has 0 bridgehead atoms. The molecule has 1 saturated heterocycles. The van der Waals surface area contributed by atoms with Crippen molar-refractivity contribution in [2.24, 2.45) is 0 Å². The molecule has 1 fully saturated rings. The Morgan fingerprint density at radius 2 is 1.25 bits per heavy atom. The molecular weight excluding hydrogens is 152 g/mol. The predicted molar refractivity (Wildman–Crippen MR) is 49.0 cm³/mol. The molecule has 0 aromatic heterocycles. The second-order valence-electron chi connectivity index (χ2n) is 4.82. The zero-order chi connectivity index (χ0) is 9.41. The number of rotatable bonds is 0. The first-order valence-electron chi connectivity index (χ1n) is 4.66. The van der Waals surface area contributed by atoms with Crippen LogP contribution in [-0.4, -0.2) is 17.5 Å². The first-order chi connectivity index (χ1) is 5.31. The molecule has 1 aliphatic heterocycles. The fourth-order valence-electron chi connectivity index (χ4n) is 1.64. The summed E-state index contributed by atoms with van der Waals surface area (Å²) < 4.78 is 11.4. The third-order valence-corrected chi connectivity index (χ3v) is 2.30. The zero-order valence-electron chi connectivity index (χ0n) is 8.81. The predicted octanol–water partition coefficient (Wildman–Crippen LogP) is 2.72. The van der Waals surface area contributed by atoms with Gasteiger partial charge in [-0.3, -0.25) is 0 Å². The van der Waals surface area contributed by atoms with Crippen LogP contribution >= 0.6 is 0 Å². The molecule has 0 saturated carbocycles. The maximum atomic E-state index is 5.71. The molecule has 0 N–H and O–H groups in total. The summed E-state index contributed by atoms with van der Waals surface area (Å²) in [5.41, 5.74) is -0.0691. The van der Waals surface area contributed by atoms with Gasteiger partial charge < -0.3 is 9.47 Å². The Labute approximate surface area is 75.2 Å². The average molecular weight is 172 g/mol. The molecule has 0 aliphatic carbocycles. The summed E-state index contributed by atoms with van der Waals surface area (Å²) in [6.45, 7) is 10.4. The first-order valence-corrected chi connectivity index (χ1v) is 4.66. The van der Waals surface area contributed by atoms with E-state index in [4.69, 9.17) is 9.47 Å². The largest absolute Gasteiger partial charge is 0.347 e. The van der Waals surface area contributed by atoms with E-state index in [1.54, 1.807) is 0 Å². The zero-order valence-corrected chi connectivity index (χ0v) is 8.81. The number of ether oxygens (including phenoxy) is 2. The highest BCUT2D eigenvalue weighted by atomic mass is 16.7. The van der Waals surface area contributed by atoms with Gasteiger partial charge in [-0.2, -0.15) is 0 Å². The van der Waals surface area contributed by atoms with Crippen LogP contribution in [-0.2, 0) is 9.47 Å². The van der Waals surface area contributed by atoms with Crippen molar-refractivity contribution in [3.63, 3.8) is 0 Å². The molecule has 0 spiro atoms. The van der Waals surface area contributed by atoms with Crippen molar-refractivity contribution in [1.82, 2.24) is 0 Å². The van der Waals surface area contributed by atoms with Crippen molar-refractivity contribution in [1.29, 1.82) is 0 Å². The lowest BCUT2D eigenvalue weighted by Gasteiger charge is -2.26. The van der Waals surface area contributed by atoms with Crippen LogP contribution in [0.25, 0.3) is 0 Å². The summed E-state index contributed by atoms with van der Waals surface area (Å²) in [5, 5.41) is 0. The normalized spacial score (nSPS) is 29.8. The van der Waals surface area contributed by atoms with Crippen LogP contribution < -0.4 is 0 Å². The molecule has 2 heteroatoms. The van der Waals surface area contributed by atoms with Gasteiger partial charge in [-0.1, -0.05) is 0 Å². The number of hydrogen-bond acceptors (Lipinski definition) is 2. The molecule has 1 rings (SSSR count). The molecule has 72 valence electrons. The molecule has 0 aromatic carbocycles. The molecule has 1 heterocycles. The van der Waals surface area contributed by atoms with Gasteiger partial charge in [-0.25, -0.2) is 0 Å². The van der Waals surface area contributed by atoms with E-state index in [9.17, 15) is 0 Å². The molecule has 1 aliphatic rings. The number of hydrogen-bond donors (Lipinski definition) is 0. The SMILES string of the molecule is CC1OC(C)(C)CCC(C)(C)O1. The Morgan fingerprint density at radius 1 is 0.917 bits per heavy atom. The van der Waals surface area contributed by atoms with Crippen molar-refractivity contribution in [2.45, 2.75) is 65.0 Å². The van der Waals surface area contributed by atoms with Crippen molar-refractivity contribution >= 4 is 0 Å². The van der Waals surface area contributed by atoms with E-state index in [1.807, 2.05) is 6.92 Å². The maximum absolute atomic E-state index is 5.71. The minimum absolute atomic E-state index is 0.0345. The van der Waals surface area contributed by atoms with Crippen LogP contribution in [0.2, 0.25) is 0 Å². The highest BCUT2D eigenvalue weighted by Crippen LogP contribution is 2.31. The van der Waals surface area contributed by atoms with Gasteiger partial charge >= 0.3 is 0 Å². The van der Waals surface area contributed by atoms with Gasteiger partial charge in [-0.15, -0.1) is 0 Å². The lowest BCUT2D eigenvalue weighted by Crippen LogP contribution is -2.29. The van der Waals surface area contributed by atoms with Gasteiger partial charge in [0.2, 0.25) is 0 Å². The Kier molecular flexibility index (Phi) is 2.50. The van der Waals surface area contributed by atoms with Crippen LogP contribution in [0.3, 0.4) is 0 Å². The van der Waals surface area contributed by atoms with Crippen LogP contribution in [0.1, 0.15) is 47.5 Å². The fraction of sp³-hybridized carbons (Fsp3) is 1.00. The van der Waals surface area contributed by atoms with E-state index in [-0.39, 0.29) is 17.5 Å². The van der Waals surface area contributed by atoms with Crippen LogP contribution in [0.15, 0.2) is 0 Å². The minimum Gasteiger partial charge on any atom is -0.347 e. The van der Waals surface area contributed by atoms with Crippen LogP contribution in [0.5, 0.6) is 0 Å². The van der Waals surface area contributed by atoms with Gasteiger partial charge in [0.25, 0.3) is 0 Å². The third kappa shape index (κ3) is 2.76. The van der Waals surface area contributed by atoms with Gasteiger partial charge in [0, 0.05) is 0 Å². The standard InChI is InChI=1S/C10H20O2/c1-8-11-9(2,3)6-7-10(4,5)12-8/h8H,6-7H2,1-5H3. The second kappa shape index (κ2) is 3.00. The summed E-state index contributed by atoms with van der Waals surface area (Å²) >= 11 is 0. The summed E-state index contributed by atoms with van der Waals surface area (Å²) in [6.07, 6.45) is 2.03. The molecule has 0 unspecified atom stereocenters. The van der Waals surface area contributed by atoms with E-state index >= 15 is 0 Å². The molecule has 12 heavy (non-hydrogen) atoms. The molecule has 0 amide bonds. The van der Waals surface area contributed by atoms with E-state index in [0.29, 0.717) is 0 Å². The van der Waals surface area contributed by atoms with Crippen molar-refractivity contribution in [3.05, 3.63) is 0 Å². The fourth-order valence-corrected chi connectivity index (χ4v) is 1.64.